The van der Waals surface area contributed by atoms with Gasteiger partial charge in [0.25, 0.3) is 0 Å². The average Bonchev–Trinajstić information content (AvgIpc) is 2.72. The molecule has 0 radical (unpaired) electrons. The molecule has 3 atom stereocenters. The lowest BCUT2D eigenvalue weighted by Gasteiger charge is -2.12. The molecule has 3 aliphatic rings. The second-order valence-electron chi connectivity index (χ2n) is 5.55. The standard InChI is InChI=1S/C12H22N2/c1-14-7-6-9(8-14)13-12-10-4-2-3-5-11(10)12/h9-13H,2-8H2,1H3. The van der Waals surface area contributed by atoms with Gasteiger partial charge in [0.2, 0.25) is 0 Å². The summed E-state index contributed by atoms with van der Waals surface area (Å²) in [6.45, 7) is 2.57. The minimum Gasteiger partial charge on any atom is -0.309 e. The third-order valence-corrected chi connectivity index (χ3v) is 4.48. The van der Waals surface area contributed by atoms with E-state index < -0.39 is 0 Å². The van der Waals surface area contributed by atoms with Crippen LogP contribution in [0.3, 0.4) is 0 Å². The molecule has 3 rings (SSSR count). The Kier molecular flexibility index (Phi) is 2.29. The summed E-state index contributed by atoms with van der Waals surface area (Å²) in [7, 11) is 2.24. The Hall–Kier alpha value is -0.0800. The number of hydrogen-bond donors (Lipinski definition) is 1. The van der Waals surface area contributed by atoms with Gasteiger partial charge in [0.1, 0.15) is 0 Å². The molecule has 0 amide bonds. The third kappa shape index (κ3) is 1.59. The normalized spacial score (nSPS) is 47.8. The minimum absolute atomic E-state index is 0.801. The molecule has 0 bridgehead atoms. The lowest BCUT2D eigenvalue weighted by molar-refractivity contribution is 0.394. The van der Waals surface area contributed by atoms with Crippen molar-refractivity contribution in [2.75, 3.05) is 20.1 Å². The predicted molar refractivity (Wildman–Crippen MR) is 58.3 cm³/mol. The van der Waals surface area contributed by atoms with E-state index in [1.807, 2.05) is 0 Å². The molecule has 1 saturated heterocycles. The van der Waals surface area contributed by atoms with Gasteiger partial charge in [0, 0.05) is 18.6 Å². The number of nitrogens with one attached hydrogen (secondary N) is 1. The maximum atomic E-state index is 3.88. The van der Waals surface area contributed by atoms with Crippen molar-refractivity contribution in [3.63, 3.8) is 0 Å². The van der Waals surface area contributed by atoms with Crippen LogP contribution in [0.5, 0.6) is 0 Å². The number of fused-ring (bicyclic) bond motifs is 1. The zero-order valence-electron chi connectivity index (χ0n) is 9.21. The van der Waals surface area contributed by atoms with Crippen molar-refractivity contribution in [1.82, 2.24) is 10.2 Å². The van der Waals surface area contributed by atoms with Crippen LogP contribution in [0, 0.1) is 11.8 Å². The highest BCUT2D eigenvalue weighted by Gasteiger charge is 2.51. The van der Waals surface area contributed by atoms with Gasteiger partial charge < -0.3 is 10.2 Å². The Morgan fingerprint density at radius 1 is 1.07 bits per heavy atom. The zero-order valence-corrected chi connectivity index (χ0v) is 9.21. The molecule has 0 aromatic carbocycles. The quantitative estimate of drug-likeness (QED) is 0.716. The average molecular weight is 194 g/mol. The highest BCUT2D eigenvalue weighted by atomic mass is 15.2. The van der Waals surface area contributed by atoms with E-state index in [2.05, 4.69) is 17.3 Å². The Morgan fingerprint density at radius 2 is 1.79 bits per heavy atom. The van der Waals surface area contributed by atoms with Crippen LogP contribution >= 0.6 is 0 Å². The van der Waals surface area contributed by atoms with Gasteiger partial charge in [-0.05, 0) is 44.7 Å². The molecule has 2 saturated carbocycles. The summed E-state index contributed by atoms with van der Waals surface area (Å²) in [5.74, 6) is 2.13. The fourth-order valence-electron chi connectivity index (χ4n) is 3.58. The van der Waals surface area contributed by atoms with Crippen LogP contribution in [0.1, 0.15) is 32.1 Å². The summed E-state index contributed by atoms with van der Waals surface area (Å²) < 4.78 is 0. The van der Waals surface area contributed by atoms with Crippen molar-refractivity contribution >= 4 is 0 Å². The molecule has 3 unspecified atom stereocenters. The van der Waals surface area contributed by atoms with E-state index in [4.69, 9.17) is 0 Å². The summed E-state index contributed by atoms with van der Waals surface area (Å²) >= 11 is 0. The molecular formula is C12H22N2. The number of rotatable bonds is 2. The van der Waals surface area contributed by atoms with Gasteiger partial charge in [-0.2, -0.15) is 0 Å². The highest BCUT2D eigenvalue weighted by Crippen LogP contribution is 2.50. The molecule has 1 heterocycles. The van der Waals surface area contributed by atoms with Crippen molar-refractivity contribution in [2.24, 2.45) is 11.8 Å². The predicted octanol–water partition coefficient (Wildman–Crippen LogP) is 1.47. The first-order valence-corrected chi connectivity index (χ1v) is 6.29. The van der Waals surface area contributed by atoms with Gasteiger partial charge in [0.15, 0.2) is 0 Å². The fraction of sp³-hybridized carbons (Fsp3) is 1.00. The van der Waals surface area contributed by atoms with E-state index in [-0.39, 0.29) is 0 Å². The number of nitrogens with zero attached hydrogens (tertiary/aromatic N) is 1. The van der Waals surface area contributed by atoms with Crippen LogP contribution in [-0.2, 0) is 0 Å². The van der Waals surface area contributed by atoms with E-state index in [1.54, 1.807) is 0 Å². The Bertz CT molecular complexity index is 204. The summed E-state index contributed by atoms with van der Waals surface area (Å²) in [5, 5.41) is 3.88. The van der Waals surface area contributed by atoms with Crippen LogP contribution in [-0.4, -0.2) is 37.1 Å². The fourth-order valence-corrected chi connectivity index (χ4v) is 3.58. The maximum Gasteiger partial charge on any atom is 0.0209 e. The molecule has 1 N–H and O–H groups in total. The Balaban J connectivity index is 1.50. The molecule has 0 spiro atoms. The molecule has 0 aromatic heterocycles. The first-order chi connectivity index (χ1) is 6.84. The smallest absolute Gasteiger partial charge is 0.0209 e. The molecule has 1 aliphatic heterocycles. The van der Waals surface area contributed by atoms with E-state index in [0.717, 1.165) is 23.9 Å². The van der Waals surface area contributed by atoms with Gasteiger partial charge in [-0.25, -0.2) is 0 Å². The molecule has 14 heavy (non-hydrogen) atoms. The Morgan fingerprint density at radius 3 is 2.36 bits per heavy atom. The van der Waals surface area contributed by atoms with Gasteiger partial charge >= 0.3 is 0 Å². The zero-order chi connectivity index (χ0) is 9.54. The van der Waals surface area contributed by atoms with E-state index >= 15 is 0 Å². The maximum absolute atomic E-state index is 3.88. The van der Waals surface area contributed by atoms with Crippen LogP contribution in [0.15, 0.2) is 0 Å². The lowest BCUT2D eigenvalue weighted by Crippen LogP contribution is -2.34. The first kappa shape index (κ1) is 9.17. The monoisotopic (exact) mass is 194 g/mol. The Labute approximate surface area is 87.0 Å². The molecule has 2 heteroatoms. The van der Waals surface area contributed by atoms with Crippen LogP contribution in [0.25, 0.3) is 0 Å². The molecule has 80 valence electrons. The van der Waals surface area contributed by atoms with Gasteiger partial charge in [0.05, 0.1) is 0 Å². The van der Waals surface area contributed by atoms with Crippen molar-refractivity contribution < 1.29 is 0 Å². The second-order valence-corrected chi connectivity index (χ2v) is 5.55. The molecule has 2 nitrogen and oxygen atoms in total. The molecule has 0 aromatic rings. The second kappa shape index (κ2) is 3.49. The summed E-state index contributed by atoms with van der Waals surface area (Å²) in [6, 6.07) is 1.71. The third-order valence-electron chi connectivity index (χ3n) is 4.48. The summed E-state index contributed by atoms with van der Waals surface area (Å²) in [5.41, 5.74) is 0. The topological polar surface area (TPSA) is 15.3 Å². The number of hydrogen-bond acceptors (Lipinski definition) is 2. The molecule has 3 fully saturated rings. The van der Waals surface area contributed by atoms with Crippen LogP contribution in [0.4, 0.5) is 0 Å². The summed E-state index contributed by atoms with van der Waals surface area (Å²) in [6.07, 6.45) is 7.36. The van der Waals surface area contributed by atoms with E-state index in [1.165, 1.54) is 45.2 Å². The SMILES string of the molecule is CN1CCC(NC2C3CCCCC32)C1. The van der Waals surface area contributed by atoms with Crippen molar-refractivity contribution in [2.45, 2.75) is 44.2 Å². The van der Waals surface area contributed by atoms with Crippen LogP contribution < -0.4 is 5.32 Å². The van der Waals surface area contributed by atoms with E-state index in [9.17, 15) is 0 Å². The first-order valence-electron chi connectivity index (χ1n) is 6.29. The van der Waals surface area contributed by atoms with Gasteiger partial charge in [-0.15, -0.1) is 0 Å². The molecule has 2 aliphatic carbocycles. The van der Waals surface area contributed by atoms with Gasteiger partial charge in [-0.1, -0.05) is 12.8 Å². The number of likely N-dealkylation sites (N-methyl/N-ethyl adjacent to an activating group) is 1. The lowest BCUT2D eigenvalue weighted by atomic mass is 10.0. The van der Waals surface area contributed by atoms with Gasteiger partial charge in [-0.3, -0.25) is 0 Å². The van der Waals surface area contributed by atoms with E-state index in [0.29, 0.717) is 0 Å². The number of likely N-dealkylation sites (tertiary alicyclic amines) is 1. The highest BCUT2D eigenvalue weighted by molar-refractivity contribution is 5.06. The summed E-state index contributed by atoms with van der Waals surface area (Å²) in [4.78, 5) is 2.45. The largest absolute Gasteiger partial charge is 0.309 e. The van der Waals surface area contributed by atoms with Crippen LogP contribution in [0.2, 0.25) is 0 Å². The molecular weight excluding hydrogens is 172 g/mol. The minimum atomic E-state index is 0.801. The van der Waals surface area contributed by atoms with Crippen molar-refractivity contribution in [1.29, 1.82) is 0 Å². The van der Waals surface area contributed by atoms with Crippen molar-refractivity contribution in [3.8, 4) is 0 Å². The van der Waals surface area contributed by atoms with Crippen molar-refractivity contribution in [3.05, 3.63) is 0 Å².